The third-order valence-corrected chi connectivity index (χ3v) is 3.51. The number of carbonyl (C=O) groups excluding carboxylic acids is 1. The Balaban J connectivity index is 1.95. The Morgan fingerprint density at radius 3 is 2.54 bits per heavy atom. The zero-order chi connectivity index (χ0) is 17.7. The fourth-order valence-electron chi connectivity index (χ4n) is 2.01. The molecule has 0 radical (unpaired) electrons. The first kappa shape index (κ1) is 18.1. The van der Waals surface area contributed by atoms with E-state index in [1.165, 1.54) is 24.1 Å². The normalized spacial score (nSPS) is 11.2. The molecule has 128 valence electrons. The predicted molar refractivity (Wildman–Crippen MR) is 85.4 cm³/mol. The van der Waals surface area contributed by atoms with Gasteiger partial charge >= 0.3 is 6.18 Å². The summed E-state index contributed by atoms with van der Waals surface area (Å²) in [6.45, 7) is 0.420. The van der Waals surface area contributed by atoms with Crippen molar-refractivity contribution in [2.24, 2.45) is 0 Å². The number of hydrogen-bond acceptors (Lipinski definition) is 2. The molecule has 3 nitrogen and oxygen atoms in total. The van der Waals surface area contributed by atoms with E-state index in [2.05, 4.69) is 0 Å². The molecule has 0 saturated carbocycles. The van der Waals surface area contributed by atoms with E-state index in [1.807, 2.05) is 0 Å². The summed E-state index contributed by atoms with van der Waals surface area (Å²) >= 11 is 5.83. The van der Waals surface area contributed by atoms with Crippen molar-refractivity contribution < 1.29 is 22.7 Å². The highest BCUT2D eigenvalue weighted by atomic mass is 35.5. The highest BCUT2D eigenvalue weighted by molar-refractivity contribution is 6.30. The second-order valence-corrected chi connectivity index (χ2v) is 5.55. The van der Waals surface area contributed by atoms with Crippen molar-refractivity contribution in [3.05, 3.63) is 64.7 Å². The van der Waals surface area contributed by atoms with Crippen LogP contribution in [0.3, 0.4) is 0 Å². The quantitative estimate of drug-likeness (QED) is 0.788. The predicted octanol–water partition coefficient (Wildman–Crippen LogP) is 4.51. The number of rotatable bonds is 5. The van der Waals surface area contributed by atoms with Crippen molar-refractivity contribution in [3.8, 4) is 5.75 Å². The van der Waals surface area contributed by atoms with Crippen LogP contribution in [0.5, 0.6) is 5.75 Å². The van der Waals surface area contributed by atoms with Crippen LogP contribution < -0.4 is 4.74 Å². The molecule has 2 aromatic rings. The number of amides is 1. The summed E-state index contributed by atoms with van der Waals surface area (Å²) in [5, 5.41) is 0.529. The fraction of sp³-hybridized carbons (Fsp3) is 0.235. The maximum atomic E-state index is 12.7. The number of carbonyl (C=O) groups is 1. The molecule has 0 saturated heterocycles. The van der Waals surface area contributed by atoms with Gasteiger partial charge in [0.05, 0.1) is 12.1 Å². The van der Waals surface area contributed by atoms with Crippen molar-refractivity contribution in [1.82, 2.24) is 4.90 Å². The molecular formula is C17H15ClF3NO2. The molecule has 0 aliphatic carbocycles. The Morgan fingerprint density at radius 2 is 1.88 bits per heavy atom. The maximum Gasteiger partial charge on any atom is 0.416 e. The van der Waals surface area contributed by atoms with Crippen LogP contribution in [0.1, 0.15) is 15.9 Å². The second-order valence-electron chi connectivity index (χ2n) is 5.11. The lowest BCUT2D eigenvalue weighted by atomic mass is 10.1. The summed E-state index contributed by atoms with van der Waals surface area (Å²) in [7, 11) is 1.50. The number of nitrogens with zero attached hydrogens (tertiary/aromatic N) is 1. The summed E-state index contributed by atoms with van der Waals surface area (Å²) in [5.41, 5.74) is -0.869. The van der Waals surface area contributed by atoms with Gasteiger partial charge in [-0.3, -0.25) is 4.79 Å². The van der Waals surface area contributed by atoms with Crippen LogP contribution >= 0.6 is 11.6 Å². The second kappa shape index (κ2) is 7.57. The van der Waals surface area contributed by atoms with Crippen molar-refractivity contribution >= 4 is 17.5 Å². The van der Waals surface area contributed by atoms with Gasteiger partial charge in [-0.15, -0.1) is 0 Å². The van der Waals surface area contributed by atoms with Gasteiger partial charge in [-0.1, -0.05) is 23.7 Å². The van der Waals surface area contributed by atoms with Crippen molar-refractivity contribution in [1.29, 1.82) is 0 Å². The Kier molecular flexibility index (Phi) is 5.72. The summed E-state index contributed by atoms with van der Waals surface area (Å²) in [5.74, 6) is 0.0539. The number of hydrogen-bond donors (Lipinski definition) is 0. The SMILES string of the molecule is CN(CCOc1cccc(Cl)c1)C(=O)c1cccc(C(F)(F)F)c1. The minimum absolute atomic E-state index is 0.0184. The molecule has 0 aliphatic heterocycles. The Hall–Kier alpha value is -2.21. The number of likely N-dealkylation sites (N-methyl/N-ethyl adjacent to an activating group) is 1. The standard InChI is InChI=1S/C17H15ClF3NO2/c1-22(8-9-24-15-7-3-6-14(18)11-15)16(23)12-4-2-5-13(10-12)17(19,20)21/h2-7,10-11H,8-9H2,1H3. The third kappa shape index (κ3) is 4.89. The van der Waals surface area contributed by atoms with E-state index in [1.54, 1.807) is 24.3 Å². The van der Waals surface area contributed by atoms with Crippen LogP contribution in [0.2, 0.25) is 5.02 Å². The molecule has 0 N–H and O–H groups in total. The third-order valence-electron chi connectivity index (χ3n) is 3.28. The van der Waals surface area contributed by atoms with Crippen LogP contribution in [0, 0.1) is 0 Å². The molecule has 7 heteroatoms. The van der Waals surface area contributed by atoms with Gasteiger partial charge in [0, 0.05) is 17.6 Å². The highest BCUT2D eigenvalue weighted by Gasteiger charge is 2.31. The number of halogens is 4. The van der Waals surface area contributed by atoms with Gasteiger partial charge in [0.1, 0.15) is 12.4 Å². The largest absolute Gasteiger partial charge is 0.492 e. The molecule has 24 heavy (non-hydrogen) atoms. The lowest BCUT2D eigenvalue weighted by molar-refractivity contribution is -0.137. The smallest absolute Gasteiger partial charge is 0.416 e. The zero-order valence-electron chi connectivity index (χ0n) is 12.8. The van der Waals surface area contributed by atoms with Crippen LogP contribution in [0.15, 0.2) is 48.5 Å². The molecule has 0 spiro atoms. The van der Waals surface area contributed by atoms with Gasteiger partial charge in [0.25, 0.3) is 5.91 Å². The van der Waals surface area contributed by atoms with Crippen molar-refractivity contribution in [2.45, 2.75) is 6.18 Å². The maximum absolute atomic E-state index is 12.7. The van der Waals surface area contributed by atoms with Gasteiger partial charge in [-0.2, -0.15) is 13.2 Å². The zero-order valence-corrected chi connectivity index (χ0v) is 13.6. The molecular weight excluding hydrogens is 343 g/mol. The van der Waals surface area contributed by atoms with Gasteiger partial charge in [-0.05, 0) is 36.4 Å². The lowest BCUT2D eigenvalue weighted by Crippen LogP contribution is -2.31. The van der Waals surface area contributed by atoms with Crippen LogP contribution in [-0.2, 0) is 6.18 Å². The van der Waals surface area contributed by atoms with E-state index >= 15 is 0 Å². The molecule has 0 aliphatic rings. The molecule has 0 bridgehead atoms. The molecule has 2 aromatic carbocycles. The number of alkyl halides is 3. The molecule has 0 atom stereocenters. The van der Waals surface area contributed by atoms with Gasteiger partial charge < -0.3 is 9.64 Å². The van der Waals surface area contributed by atoms with E-state index in [-0.39, 0.29) is 18.7 Å². The summed E-state index contributed by atoms with van der Waals surface area (Å²) in [4.78, 5) is 13.5. The van der Waals surface area contributed by atoms with Crippen LogP contribution in [0.4, 0.5) is 13.2 Å². The van der Waals surface area contributed by atoms with E-state index in [4.69, 9.17) is 16.3 Å². The molecule has 2 rings (SSSR count). The topological polar surface area (TPSA) is 29.5 Å². The van der Waals surface area contributed by atoms with Crippen molar-refractivity contribution in [2.75, 3.05) is 20.2 Å². The Morgan fingerprint density at radius 1 is 1.17 bits per heavy atom. The molecule has 0 fully saturated rings. The van der Waals surface area contributed by atoms with E-state index in [9.17, 15) is 18.0 Å². The summed E-state index contributed by atoms with van der Waals surface area (Å²) < 4.78 is 43.6. The monoisotopic (exact) mass is 357 g/mol. The van der Waals surface area contributed by atoms with Crippen molar-refractivity contribution in [3.63, 3.8) is 0 Å². The minimum atomic E-state index is -4.48. The van der Waals surface area contributed by atoms with Crippen LogP contribution in [0.25, 0.3) is 0 Å². The van der Waals surface area contributed by atoms with E-state index in [0.717, 1.165) is 12.1 Å². The van der Waals surface area contributed by atoms with Gasteiger partial charge in [0.2, 0.25) is 0 Å². The Labute approximate surface area is 142 Å². The molecule has 1 amide bonds. The number of benzene rings is 2. The first-order valence-electron chi connectivity index (χ1n) is 7.08. The minimum Gasteiger partial charge on any atom is -0.492 e. The van der Waals surface area contributed by atoms with E-state index in [0.29, 0.717) is 10.8 Å². The summed E-state index contributed by atoms with van der Waals surface area (Å²) in [6.07, 6.45) is -4.48. The first-order valence-corrected chi connectivity index (χ1v) is 7.46. The summed E-state index contributed by atoms with van der Waals surface area (Å²) in [6, 6.07) is 11.1. The average molecular weight is 358 g/mol. The lowest BCUT2D eigenvalue weighted by Gasteiger charge is -2.18. The molecule has 0 aromatic heterocycles. The van der Waals surface area contributed by atoms with Gasteiger partial charge in [0.15, 0.2) is 0 Å². The van der Waals surface area contributed by atoms with E-state index < -0.39 is 17.6 Å². The molecule has 0 heterocycles. The molecule has 0 unspecified atom stereocenters. The fourth-order valence-corrected chi connectivity index (χ4v) is 2.19. The highest BCUT2D eigenvalue weighted by Crippen LogP contribution is 2.29. The van der Waals surface area contributed by atoms with Gasteiger partial charge in [-0.25, -0.2) is 0 Å². The first-order chi connectivity index (χ1) is 11.3. The Bertz CT molecular complexity index is 719. The van der Waals surface area contributed by atoms with Crippen LogP contribution in [-0.4, -0.2) is 31.0 Å². The average Bonchev–Trinajstić information content (AvgIpc) is 2.53. The number of ether oxygens (including phenoxy) is 1.